The third-order valence-corrected chi connectivity index (χ3v) is 4.92. The van der Waals surface area contributed by atoms with E-state index in [1.807, 2.05) is 29.2 Å². The lowest BCUT2D eigenvalue weighted by atomic mass is 9.91. The molecular weight excluding hydrogens is 262 g/mol. The summed E-state index contributed by atoms with van der Waals surface area (Å²) in [6.07, 6.45) is 5.39. The van der Waals surface area contributed by atoms with E-state index in [2.05, 4.69) is 4.90 Å². The van der Waals surface area contributed by atoms with Gasteiger partial charge in [-0.3, -0.25) is 9.69 Å². The molecule has 0 bridgehead atoms. The van der Waals surface area contributed by atoms with Crippen LogP contribution < -0.4 is 5.73 Å². The van der Waals surface area contributed by atoms with Crippen LogP contribution in [0.2, 0.25) is 0 Å². The summed E-state index contributed by atoms with van der Waals surface area (Å²) in [5.74, 6) is 0.270. The van der Waals surface area contributed by atoms with Gasteiger partial charge in [0.15, 0.2) is 0 Å². The van der Waals surface area contributed by atoms with Gasteiger partial charge in [-0.2, -0.15) is 0 Å². The van der Waals surface area contributed by atoms with Gasteiger partial charge in [0, 0.05) is 44.3 Å². The van der Waals surface area contributed by atoms with E-state index in [1.165, 1.54) is 19.3 Å². The third kappa shape index (κ3) is 3.38. The molecule has 1 amide bonds. The highest BCUT2D eigenvalue weighted by Crippen LogP contribution is 2.25. The fraction of sp³-hybridized carbons (Fsp3) is 0.588. The van der Waals surface area contributed by atoms with Gasteiger partial charge in [-0.25, -0.2) is 0 Å². The lowest BCUT2D eigenvalue weighted by Gasteiger charge is -2.43. The molecule has 0 atom stereocenters. The molecule has 0 radical (unpaired) electrons. The average molecular weight is 287 g/mol. The number of para-hydroxylation sites is 1. The minimum atomic E-state index is 0.270. The Balaban J connectivity index is 1.45. The zero-order chi connectivity index (χ0) is 14.7. The largest absolute Gasteiger partial charge is 0.399 e. The Morgan fingerprint density at radius 2 is 1.86 bits per heavy atom. The quantitative estimate of drug-likeness (QED) is 0.861. The Morgan fingerprint density at radius 1 is 1.14 bits per heavy atom. The summed E-state index contributed by atoms with van der Waals surface area (Å²) in [6, 6.07) is 8.62. The molecule has 0 unspecified atom stereocenters. The Hall–Kier alpha value is -1.55. The number of benzene rings is 1. The van der Waals surface area contributed by atoms with E-state index < -0.39 is 0 Å². The maximum atomic E-state index is 12.3. The van der Waals surface area contributed by atoms with Crippen molar-refractivity contribution in [1.29, 1.82) is 0 Å². The van der Waals surface area contributed by atoms with E-state index >= 15 is 0 Å². The summed E-state index contributed by atoms with van der Waals surface area (Å²) in [5, 5.41) is 0. The summed E-state index contributed by atoms with van der Waals surface area (Å²) in [6.45, 7) is 3.87. The molecule has 2 N–H and O–H groups in total. The van der Waals surface area contributed by atoms with Gasteiger partial charge in [0.25, 0.3) is 0 Å². The van der Waals surface area contributed by atoms with Gasteiger partial charge < -0.3 is 10.6 Å². The number of nitrogens with zero attached hydrogens (tertiary/aromatic N) is 2. The normalized spacial score (nSPS) is 20.3. The summed E-state index contributed by atoms with van der Waals surface area (Å²) in [4.78, 5) is 16.9. The molecule has 1 saturated carbocycles. The van der Waals surface area contributed by atoms with Gasteiger partial charge in [0.1, 0.15) is 0 Å². The van der Waals surface area contributed by atoms with E-state index in [9.17, 15) is 4.79 Å². The van der Waals surface area contributed by atoms with Crippen LogP contribution in [0.1, 0.15) is 31.2 Å². The van der Waals surface area contributed by atoms with E-state index in [0.717, 1.165) is 49.9 Å². The van der Waals surface area contributed by atoms with Gasteiger partial charge in [-0.1, -0.05) is 24.6 Å². The number of carbonyl (C=O) groups excluding carboxylic acids is 1. The van der Waals surface area contributed by atoms with Crippen molar-refractivity contribution in [2.45, 2.75) is 38.1 Å². The summed E-state index contributed by atoms with van der Waals surface area (Å²) >= 11 is 0. The predicted octanol–water partition coefficient (Wildman–Crippen LogP) is 1.90. The molecule has 2 fully saturated rings. The van der Waals surface area contributed by atoms with E-state index in [4.69, 9.17) is 5.73 Å². The second-order valence-electron chi connectivity index (χ2n) is 6.20. The van der Waals surface area contributed by atoms with Crippen LogP contribution in [0.25, 0.3) is 0 Å². The van der Waals surface area contributed by atoms with Gasteiger partial charge in [-0.15, -0.1) is 0 Å². The Kier molecular flexibility index (Phi) is 4.44. The number of piperazine rings is 1. The fourth-order valence-electron chi connectivity index (χ4n) is 3.25. The number of hydrogen-bond acceptors (Lipinski definition) is 3. The Labute approximate surface area is 126 Å². The minimum absolute atomic E-state index is 0.270. The molecule has 2 aliphatic rings. The van der Waals surface area contributed by atoms with Crippen LogP contribution in [0.3, 0.4) is 0 Å². The first-order chi connectivity index (χ1) is 10.2. The molecule has 3 rings (SSSR count). The average Bonchev–Trinajstić information content (AvgIpc) is 2.45. The third-order valence-electron chi connectivity index (χ3n) is 4.92. The van der Waals surface area contributed by atoms with Crippen LogP contribution in [0.15, 0.2) is 24.3 Å². The first-order valence-corrected chi connectivity index (χ1v) is 8.09. The molecule has 21 heavy (non-hydrogen) atoms. The Morgan fingerprint density at radius 3 is 2.48 bits per heavy atom. The van der Waals surface area contributed by atoms with Crippen molar-refractivity contribution in [2.24, 2.45) is 0 Å². The van der Waals surface area contributed by atoms with Crippen LogP contribution in [0.5, 0.6) is 0 Å². The number of aryl methyl sites for hydroxylation is 1. The van der Waals surface area contributed by atoms with Crippen LogP contribution >= 0.6 is 0 Å². The molecule has 0 spiro atoms. The lowest BCUT2D eigenvalue weighted by molar-refractivity contribution is -0.133. The van der Waals surface area contributed by atoms with Crippen molar-refractivity contribution in [3.8, 4) is 0 Å². The molecule has 1 aromatic rings. The number of nitrogens with two attached hydrogens (primary N) is 1. The maximum absolute atomic E-state index is 12.3. The fourth-order valence-corrected chi connectivity index (χ4v) is 3.25. The summed E-state index contributed by atoms with van der Waals surface area (Å²) in [7, 11) is 0. The van der Waals surface area contributed by atoms with E-state index in [-0.39, 0.29) is 5.91 Å². The second kappa shape index (κ2) is 6.48. The Bertz CT molecular complexity index is 491. The highest BCUT2D eigenvalue weighted by molar-refractivity contribution is 5.76. The van der Waals surface area contributed by atoms with E-state index in [0.29, 0.717) is 6.42 Å². The smallest absolute Gasteiger partial charge is 0.222 e. The molecule has 114 valence electrons. The first-order valence-electron chi connectivity index (χ1n) is 8.09. The first kappa shape index (κ1) is 14.4. The summed E-state index contributed by atoms with van der Waals surface area (Å²) < 4.78 is 0. The highest BCUT2D eigenvalue weighted by Gasteiger charge is 2.29. The monoisotopic (exact) mass is 287 g/mol. The number of carbonyl (C=O) groups is 1. The van der Waals surface area contributed by atoms with Crippen LogP contribution in [-0.4, -0.2) is 47.9 Å². The standard InChI is InChI=1S/C17H25N3O/c18-16-7-2-1-4-14(16)8-9-17(21)20-12-10-19(11-13-20)15-5-3-6-15/h1-2,4,7,15H,3,5-6,8-13,18H2. The van der Waals surface area contributed by atoms with Crippen LogP contribution in [0.4, 0.5) is 5.69 Å². The zero-order valence-electron chi connectivity index (χ0n) is 12.6. The highest BCUT2D eigenvalue weighted by atomic mass is 16.2. The lowest BCUT2D eigenvalue weighted by Crippen LogP contribution is -2.53. The van der Waals surface area contributed by atoms with Crippen molar-refractivity contribution in [3.63, 3.8) is 0 Å². The predicted molar refractivity (Wildman–Crippen MR) is 85.0 cm³/mol. The molecule has 1 aromatic carbocycles. The molecule has 1 saturated heterocycles. The maximum Gasteiger partial charge on any atom is 0.222 e. The van der Waals surface area contributed by atoms with Crippen molar-refractivity contribution in [3.05, 3.63) is 29.8 Å². The zero-order valence-corrected chi connectivity index (χ0v) is 12.6. The SMILES string of the molecule is Nc1ccccc1CCC(=O)N1CCN(C2CCC2)CC1. The number of rotatable bonds is 4. The van der Waals surface area contributed by atoms with Crippen molar-refractivity contribution in [2.75, 3.05) is 31.9 Å². The molecule has 1 aliphatic carbocycles. The molecule has 4 heteroatoms. The van der Waals surface area contributed by atoms with Crippen LogP contribution in [-0.2, 0) is 11.2 Å². The second-order valence-corrected chi connectivity index (χ2v) is 6.20. The number of nitrogen functional groups attached to an aromatic ring is 1. The van der Waals surface area contributed by atoms with E-state index in [1.54, 1.807) is 0 Å². The van der Waals surface area contributed by atoms with Crippen molar-refractivity contribution >= 4 is 11.6 Å². The number of hydrogen-bond donors (Lipinski definition) is 1. The number of anilines is 1. The van der Waals surface area contributed by atoms with Crippen LogP contribution in [0, 0.1) is 0 Å². The van der Waals surface area contributed by atoms with Gasteiger partial charge >= 0.3 is 0 Å². The van der Waals surface area contributed by atoms with Crippen molar-refractivity contribution < 1.29 is 4.79 Å². The molecule has 1 heterocycles. The van der Waals surface area contributed by atoms with Crippen molar-refractivity contribution in [1.82, 2.24) is 9.80 Å². The van der Waals surface area contributed by atoms with Gasteiger partial charge in [0.05, 0.1) is 0 Å². The number of amides is 1. The van der Waals surface area contributed by atoms with Gasteiger partial charge in [-0.05, 0) is 30.9 Å². The minimum Gasteiger partial charge on any atom is -0.399 e. The topological polar surface area (TPSA) is 49.6 Å². The molecule has 4 nitrogen and oxygen atoms in total. The van der Waals surface area contributed by atoms with Gasteiger partial charge in [0.2, 0.25) is 5.91 Å². The molecule has 1 aliphatic heterocycles. The molecular formula is C17H25N3O. The summed E-state index contributed by atoms with van der Waals surface area (Å²) in [5.41, 5.74) is 7.80. The molecule has 0 aromatic heterocycles.